The highest BCUT2D eigenvalue weighted by Gasteiger charge is 1.99. The first-order valence-corrected chi connectivity index (χ1v) is 4.60. The predicted molar refractivity (Wildman–Crippen MR) is 57.3 cm³/mol. The molecule has 1 aromatic carbocycles. The molecule has 0 aliphatic rings. The third-order valence-electron chi connectivity index (χ3n) is 2.06. The van der Waals surface area contributed by atoms with Crippen LogP contribution in [0.4, 0.5) is 5.69 Å². The van der Waals surface area contributed by atoms with Gasteiger partial charge in [-0.1, -0.05) is 18.2 Å². The van der Waals surface area contributed by atoms with Gasteiger partial charge in [-0.25, -0.2) is 0 Å². The fourth-order valence-corrected chi connectivity index (χ4v) is 1.44. The van der Waals surface area contributed by atoms with Gasteiger partial charge >= 0.3 is 0 Å². The molecule has 3 nitrogen and oxygen atoms in total. The van der Waals surface area contributed by atoms with E-state index in [9.17, 15) is 0 Å². The third-order valence-corrected chi connectivity index (χ3v) is 2.06. The van der Waals surface area contributed by atoms with Gasteiger partial charge in [0.05, 0.1) is 17.8 Å². The van der Waals surface area contributed by atoms with Crippen molar-refractivity contribution in [2.45, 2.75) is 0 Å². The van der Waals surface area contributed by atoms with Gasteiger partial charge in [0.1, 0.15) is 0 Å². The molecular formula is C11H12N2O. The Labute approximate surface area is 82.4 Å². The Bertz CT molecular complexity index is 423. The zero-order valence-corrected chi connectivity index (χ0v) is 7.77. The smallest absolute Gasteiger partial charge is 0.0933 e. The van der Waals surface area contributed by atoms with Crippen LogP contribution in [0.3, 0.4) is 0 Å². The molecule has 1 heterocycles. The Kier molecular flexibility index (Phi) is 2.60. The lowest BCUT2D eigenvalue weighted by atomic mass is 10.2. The summed E-state index contributed by atoms with van der Waals surface area (Å²) >= 11 is 0. The van der Waals surface area contributed by atoms with Crippen molar-refractivity contribution in [1.29, 1.82) is 0 Å². The number of fused-ring (bicyclic) bond motifs is 1. The summed E-state index contributed by atoms with van der Waals surface area (Å²) in [7, 11) is 0. The van der Waals surface area contributed by atoms with Crippen LogP contribution in [-0.2, 0) is 0 Å². The van der Waals surface area contributed by atoms with Gasteiger partial charge in [0.2, 0.25) is 0 Å². The molecule has 0 aliphatic heterocycles. The number of anilines is 1. The molecule has 0 atom stereocenters. The zero-order chi connectivity index (χ0) is 9.80. The van der Waals surface area contributed by atoms with E-state index >= 15 is 0 Å². The first-order valence-electron chi connectivity index (χ1n) is 4.60. The molecule has 0 fully saturated rings. The highest BCUT2D eigenvalue weighted by molar-refractivity contribution is 5.90. The van der Waals surface area contributed by atoms with Crippen molar-refractivity contribution in [3.05, 3.63) is 36.5 Å². The number of nitrogens with one attached hydrogen (secondary N) is 1. The average molecular weight is 188 g/mol. The van der Waals surface area contributed by atoms with Gasteiger partial charge < -0.3 is 10.4 Å². The number of hydrogen-bond acceptors (Lipinski definition) is 3. The lowest BCUT2D eigenvalue weighted by Gasteiger charge is -2.06. The summed E-state index contributed by atoms with van der Waals surface area (Å²) in [4.78, 5) is 4.29. The Morgan fingerprint density at radius 1 is 1.21 bits per heavy atom. The average Bonchev–Trinajstić information content (AvgIpc) is 2.26. The van der Waals surface area contributed by atoms with Crippen LogP contribution in [0.25, 0.3) is 10.9 Å². The van der Waals surface area contributed by atoms with Crippen molar-refractivity contribution < 1.29 is 5.11 Å². The van der Waals surface area contributed by atoms with Crippen LogP contribution in [0.15, 0.2) is 36.5 Å². The normalized spacial score (nSPS) is 10.4. The summed E-state index contributed by atoms with van der Waals surface area (Å²) in [6.07, 6.45) is 1.77. The van der Waals surface area contributed by atoms with E-state index in [1.165, 1.54) is 0 Å². The Morgan fingerprint density at radius 3 is 2.93 bits per heavy atom. The van der Waals surface area contributed by atoms with E-state index in [0.717, 1.165) is 16.6 Å². The highest BCUT2D eigenvalue weighted by atomic mass is 16.3. The second-order valence-electron chi connectivity index (χ2n) is 3.03. The van der Waals surface area contributed by atoms with Gasteiger partial charge in [-0.2, -0.15) is 0 Å². The van der Waals surface area contributed by atoms with Crippen LogP contribution in [0.5, 0.6) is 0 Å². The molecule has 1 aromatic heterocycles. The van der Waals surface area contributed by atoms with Gasteiger partial charge in [-0.15, -0.1) is 0 Å². The Balaban J connectivity index is 2.43. The molecule has 2 rings (SSSR count). The first kappa shape index (κ1) is 8.97. The minimum atomic E-state index is 0.128. The molecule has 2 aromatic rings. The van der Waals surface area contributed by atoms with E-state index in [1.807, 2.05) is 30.3 Å². The fraction of sp³-hybridized carbons (Fsp3) is 0.182. The summed E-state index contributed by atoms with van der Waals surface area (Å²) < 4.78 is 0. The van der Waals surface area contributed by atoms with E-state index in [1.54, 1.807) is 6.20 Å². The van der Waals surface area contributed by atoms with Gasteiger partial charge in [0.15, 0.2) is 0 Å². The largest absolute Gasteiger partial charge is 0.395 e. The van der Waals surface area contributed by atoms with E-state index in [-0.39, 0.29) is 6.61 Å². The fourth-order valence-electron chi connectivity index (χ4n) is 1.44. The number of aromatic nitrogens is 1. The number of hydrogen-bond donors (Lipinski definition) is 2. The van der Waals surface area contributed by atoms with Crippen molar-refractivity contribution in [2.24, 2.45) is 0 Å². The minimum absolute atomic E-state index is 0.128. The second-order valence-corrected chi connectivity index (χ2v) is 3.03. The monoisotopic (exact) mass is 188 g/mol. The van der Waals surface area contributed by atoms with E-state index in [2.05, 4.69) is 10.3 Å². The maximum Gasteiger partial charge on any atom is 0.0933 e. The molecule has 3 heteroatoms. The summed E-state index contributed by atoms with van der Waals surface area (Å²) in [6.45, 7) is 0.679. The number of pyridine rings is 1. The molecule has 0 radical (unpaired) electrons. The van der Waals surface area contributed by atoms with Crippen molar-refractivity contribution >= 4 is 16.6 Å². The van der Waals surface area contributed by atoms with E-state index in [0.29, 0.717) is 6.54 Å². The maximum atomic E-state index is 8.72. The SMILES string of the molecule is OCCNc1cccc2cccnc12. The van der Waals surface area contributed by atoms with Crippen molar-refractivity contribution in [3.63, 3.8) is 0 Å². The minimum Gasteiger partial charge on any atom is -0.395 e. The third kappa shape index (κ3) is 1.67. The number of benzene rings is 1. The molecule has 72 valence electrons. The molecular weight excluding hydrogens is 176 g/mol. The van der Waals surface area contributed by atoms with Crippen LogP contribution in [0.1, 0.15) is 0 Å². The van der Waals surface area contributed by atoms with E-state index in [4.69, 9.17) is 5.11 Å². The number of aliphatic hydroxyl groups is 1. The number of nitrogens with zero attached hydrogens (tertiary/aromatic N) is 1. The Morgan fingerprint density at radius 2 is 2.07 bits per heavy atom. The van der Waals surface area contributed by atoms with Gasteiger partial charge in [0, 0.05) is 18.1 Å². The highest BCUT2D eigenvalue weighted by Crippen LogP contribution is 2.19. The quantitative estimate of drug-likeness (QED) is 0.769. The lowest BCUT2D eigenvalue weighted by molar-refractivity contribution is 0.311. The summed E-state index contributed by atoms with van der Waals surface area (Å²) in [6, 6.07) is 9.89. The van der Waals surface area contributed by atoms with Crippen LogP contribution >= 0.6 is 0 Å². The van der Waals surface area contributed by atoms with Crippen LogP contribution in [0, 0.1) is 0 Å². The van der Waals surface area contributed by atoms with Gasteiger partial charge in [-0.3, -0.25) is 4.98 Å². The summed E-state index contributed by atoms with van der Waals surface area (Å²) in [5, 5.41) is 12.9. The molecule has 0 saturated heterocycles. The van der Waals surface area contributed by atoms with Crippen molar-refractivity contribution in [3.8, 4) is 0 Å². The van der Waals surface area contributed by atoms with Crippen molar-refractivity contribution in [2.75, 3.05) is 18.5 Å². The molecule has 0 aliphatic carbocycles. The van der Waals surface area contributed by atoms with Crippen molar-refractivity contribution in [1.82, 2.24) is 4.98 Å². The summed E-state index contributed by atoms with van der Waals surface area (Å²) in [5.74, 6) is 0. The Hall–Kier alpha value is -1.61. The first-order chi connectivity index (χ1) is 6.92. The molecule has 2 N–H and O–H groups in total. The molecule has 0 amide bonds. The van der Waals surface area contributed by atoms with Gasteiger partial charge in [-0.05, 0) is 12.1 Å². The van der Waals surface area contributed by atoms with Crippen LogP contribution < -0.4 is 5.32 Å². The summed E-state index contributed by atoms with van der Waals surface area (Å²) in [5.41, 5.74) is 1.92. The predicted octanol–water partition coefficient (Wildman–Crippen LogP) is 1.64. The number of rotatable bonds is 3. The second kappa shape index (κ2) is 4.07. The standard InChI is InChI=1S/C11H12N2O/c14-8-7-12-10-5-1-3-9-4-2-6-13-11(9)10/h1-6,12,14H,7-8H2. The number of para-hydroxylation sites is 1. The maximum absolute atomic E-state index is 8.72. The molecule has 0 saturated carbocycles. The molecule has 0 spiro atoms. The lowest BCUT2D eigenvalue weighted by Crippen LogP contribution is -2.05. The van der Waals surface area contributed by atoms with Crippen LogP contribution in [0.2, 0.25) is 0 Å². The van der Waals surface area contributed by atoms with Crippen LogP contribution in [-0.4, -0.2) is 23.2 Å². The van der Waals surface area contributed by atoms with Gasteiger partial charge in [0.25, 0.3) is 0 Å². The molecule has 0 bridgehead atoms. The molecule has 14 heavy (non-hydrogen) atoms. The topological polar surface area (TPSA) is 45.1 Å². The van der Waals surface area contributed by atoms with E-state index < -0.39 is 0 Å². The molecule has 0 unspecified atom stereocenters. The number of aliphatic hydroxyl groups excluding tert-OH is 1. The zero-order valence-electron chi connectivity index (χ0n) is 7.77.